The maximum Gasteiger partial charge on any atom is 0.253 e. The zero-order chi connectivity index (χ0) is 31.1. The first-order chi connectivity index (χ1) is 20.9. The van der Waals surface area contributed by atoms with Crippen molar-refractivity contribution < 1.29 is 19.4 Å². The molecule has 4 aromatic rings. The van der Waals surface area contributed by atoms with Crippen molar-refractivity contribution in [2.45, 2.75) is 45.3 Å². The summed E-state index contributed by atoms with van der Waals surface area (Å²) in [6, 6.07) is 12.5. The van der Waals surface area contributed by atoms with E-state index in [0.29, 0.717) is 52.9 Å². The molecular weight excluding hydrogens is 579 g/mol. The summed E-state index contributed by atoms with van der Waals surface area (Å²) in [6.45, 7) is 8.00. The topological polar surface area (TPSA) is 117 Å². The van der Waals surface area contributed by atoms with Gasteiger partial charge in [0.05, 0.1) is 23.0 Å². The van der Waals surface area contributed by atoms with Crippen LogP contribution in [0.4, 0.5) is 20.9 Å². The van der Waals surface area contributed by atoms with E-state index in [1.807, 2.05) is 18.9 Å². The summed E-state index contributed by atoms with van der Waals surface area (Å²) in [4.78, 5) is 28.8. The van der Waals surface area contributed by atoms with Gasteiger partial charge >= 0.3 is 0 Å². The summed E-state index contributed by atoms with van der Waals surface area (Å²) < 4.78 is 13.6. The number of aromatic nitrogens is 2. The molecule has 226 valence electrons. The number of rotatable bonds is 5. The first-order valence-corrected chi connectivity index (χ1v) is 15.5. The first kappa shape index (κ1) is 28.6. The van der Waals surface area contributed by atoms with E-state index in [2.05, 4.69) is 23.1 Å². The van der Waals surface area contributed by atoms with Crippen molar-refractivity contribution in [3.05, 3.63) is 63.9 Å². The molecule has 11 heteroatoms. The van der Waals surface area contributed by atoms with Crippen molar-refractivity contribution in [2.75, 3.05) is 43.0 Å². The number of benzene rings is 2. The normalized spacial score (nSPS) is 18.6. The number of aliphatic hydroxyl groups excluding tert-OH is 1. The quantitative estimate of drug-likeness (QED) is 0.329. The first-order valence-electron chi connectivity index (χ1n) is 14.7. The fourth-order valence-corrected chi connectivity index (χ4v) is 7.79. The number of nitriles is 1. The van der Waals surface area contributed by atoms with Crippen molar-refractivity contribution in [3.63, 3.8) is 0 Å². The smallest absolute Gasteiger partial charge is 0.253 e. The van der Waals surface area contributed by atoms with Gasteiger partial charge in [0.25, 0.3) is 5.91 Å². The Morgan fingerprint density at radius 2 is 1.89 bits per heavy atom. The predicted molar refractivity (Wildman–Crippen MR) is 168 cm³/mol. The van der Waals surface area contributed by atoms with Crippen LogP contribution in [-0.4, -0.2) is 69.8 Å². The number of pyridine rings is 1. The van der Waals surface area contributed by atoms with Gasteiger partial charge in [0.15, 0.2) is 5.13 Å². The number of fused-ring (bicyclic) bond motifs is 2. The zero-order valence-corrected chi connectivity index (χ0v) is 25.9. The van der Waals surface area contributed by atoms with Gasteiger partial charge in [0, 0.05) is 60.8 Å². The van der Waals surface area contributed by atoms with Crippen LogP contribution in [0.5, 0.6) is 0 Å². The molecule has 2 aliphatic heterocycles. The van der Waals surface area contributed by atoms with E-state index >= 15 is 0 Å². The molecule has 1 spiro atoms. The Hall–Kier alpha value is -4.11. The zero-order valence-electron chi connectivity index (χ0n) is 25.1. The Balaban J connectivity index is 1.25. The van der Waals surface area contributed by atoms with Crippen molar-refractivity contribution in [2.24, 2.45) is 5.41 Å². The van der Waals surface area contributed by atoms with E-state index in [1.165, 1.54) is 37.3 Å². The molecule has 44 heavy (non-hydrogen) atoms. The molecule has 2 N–H and O–H groups in total. The fraction of sp³-hybridized carbons (Fsp3) is 0.394. The molecule has 1 aliphatic carbocycles. The largest absolute Gasteiger partial charge is 0.387 e. The Bertz CT molecular complexity index is 1860. The Morgan fingerprint density at radius 1 is 1.18 bits per heavy atom. The molecule has 2 saturated heterocycles. The molecule has 2 fully saturated rings. The number of anilines is 3. The molecule has 1 unspecified atom stereocenters. The van der Waals surface area contributed by atoms with Crippen LogP contribution in [0, 0.1) is 29.5 Å². The maximum absolute atomic E-state index is 13.6. The van der Waals surface area contributed by atoms with Crippen LogP contribution in [0.3, 0.4) is 0 Å². The Morgan fingerprint density at radius 3 is 2.55 bits per heavy atom. The Kier molecular flexibility index (Phi) is 6.48. The molecule has 1 atom stereocenters. The lowest BCUT2D eigenvalue weighted by atomic mass is 9.72. The molecule has 0 saturated carbocycles. The lowest BCUT2D eigenvalue weighted by molar-refractivity contribution is -0.162. The van der Waals surface area contributed by atoms with E-state index in [0.717, 1.165) is 46.5 Å². The van der Waals surface area contributed by atoms with Crippen LogP contribution in [0.25, 0.3) is 22.2 Å². The second-order valence-electron chi connectivity index (χ2n) is 13.0. The van der Waals surface area contributed by atoms with Crippen molar-refractivity contribution >= 4 is 44.7 Å². The highest BCUT2D eigenvalue weighted by atomic mass is 32.1. The molecule has 4 heterocycles. The minimum atomic E-state index is -1.37. The minimum Gasteiger partial charge on any atom is -0.387 e. The average molecular weight is 613 g/mol. The van der Waals surface area contributed by atoms with E-state index in [9.17, 15) is 24.7 Å². The monoisotopic (exact) mass is 612 g/mol. The van der Waals surface area contributed by atoms with Crippen LogP contribution in [0.2, 0.25) is 0 Å². The van der Waals surface area contributed by atoms with Crippen LogP contribution < -0.4 is 9.80 Å². The lowest BCUT2D eigenvalue weighted by Gasteiger charge is -2.61. The number of thiazole rings is 1. The predicted octanol–water partition coefficient (Wildman–Crippen LogP) is 4.84. The van der Waals surface area contributed by atoms with Crippen LogP contribution in [-0.2, 0) is 11.2 Å². The van der Waals surface area contributed by atoms with Gasteiger partial charge < -0.3 is 24.9 Å². The molecule has 0 radical (unpaired) electrons. The van der Waals surface area contributed by atoms with E-state index in [1.54, 1.807) is 17.0 Å². The molecule has 1 amide bonds. The van der Waals surface area contributed by atoms with Gasteiger partial charge in [0.1, 0.15) is 28.1 Å². The summed E-state index contributed by atoms with van der Waals surface area (Å²) in [5.41, 5.74) is 5.28. The second kappa shape index (κ2) is 9.95. The highest BCUT2D eigenvalue weighted by Crippen LogP contribution is 2.48. The molecule has 3 aliphatic rings. The number of nitrogens with zero attached hydrogens (tertiary/aromatic N) is 6. The molecule has 9 nitrogen and oxygen atoms in total. The van der Waals surface area contributed by atoms with Gasteiger partial charge in [0.2, 0.25) is 0 Å². The molecule has 2 aromatic heterocycles. The van der Waals surface area contributed by atoms with Crippen molar-refractivity contribution in [3.8, 4) is 17.3 Å². The number of carbonyl (C=O) groups excluding carboxylic acids is 1. The molecule has 0 bridgehead atoms. The van der Waals surface area contributed by atoms with Crippen LogP contribution >= 0.6 is 11.3 Å². The third-order valence-electron chi connectivity index (χ3n) is 9.09. The number of likely N-dealkylation sites (tertiary alicyclic amines) is 1. The highest BCUT2D eigenvalue weighted by Gasteiger charge is 2.54. The molecule has 7 rings (SSSR count). The third kappa shape index (κ3) is 4.51. The summed E-state index contributed by atoms with van der Waals surface area (Å²) in [6.07, 6.45) is 0.605. The van der Waals surface area contributed by atoms with Gasteiger partial charge in [-0.15, -0.1) is 0 Å². The van der Waals surface area contributed by atoms with Gasteiger partial charge in [-0.3, -0.25) is 4.79 Å². The van der Waals surface area contributed by atoms with Crippen molar-refractivity contribution in [1.82, 2.24) is 14.9 Å². The summed E-state index contributed by atoms with van der Waals surface area (Å²) in [5, 5.41) is 32.4. The minimum absolute atomic E-state index is 0.0367. The van der Waals surface area contributed by atoms with Gasteiger partial charge in [-0.05, 0) is 75.6 Å². The van der Waals surface area contributed by atoms with Gasteiger partial charge in [-0.1, -0.05) is 11.3 Å². The summed E-state index contributed by atoms with van der Waals surface area (Å²) in [7, 11) is 1.93. The lowest BCUT2D eigenvalue weighted by Crippen LogP contribution is -2.74. The molecule has 2 aromatic carbocycles. The third-order valence-corrected chi connectivity index (χ3v) is 10.1. The summed E-state index contributed by atoms with van der Waals surface area (Å²) >= 11 is 1.28. The van der Waals surface area contributed by atoms with E-state index in [-0.39, 0.29) is 17.1 Å². The number of amides is 1. The van der Waals surface area contributed by atoms with Crippen LogP contribution in [0.1, 0.15) is 48.1 Å². The number of hydrogen-bond acceptors (Lipinski definition) is 9. The van der Waals surface area contributed by atoms with Crippen molar-refractivity contribution in [1.29, 1.82) is 5.26 Å². The van der Waals surface area contributed by atoms with E-state index in [4.69, 9.17) is 9.97 Å². The summed E-state index contributed by atoms with van der Waals surface area (Å²) in [5.74, 6) is -0.587. The number of carbonyl (C=O) groups is 1. The van der Waals surface area contributed by atoms with Gasteiger partial charge in [-0.25, -0.2) is 14.4 Å². The fourth-order valence-electron chi connectivity index (χ4n) is 6.93. The average Bonchev–Trinajstić information content (AvgIpc) is 3.54. The van der Waals surface area contributed by atoms with E-state index < -0.39 is 11.7 Å². The highest BCUT2D eigenvalue weighted by molar-refractivity contribution is 7.16. The Labute approximate surface area is 258 Å². The SMILES string of the molecule is Cc1cc(N2CC3(CN(C(=O)C(C)(C)O)C3)C2)cc2c(N(C)c3nc(-c4ccc(F)cc4)c(C#N)s3)c3c(nc12)C(O)CC3. The number of halogens is 1. The number of aryl methyl sites for hydroxylation is 1. The van der Waals surface area contributed by atoms with Crippen LogP contribution in [0.15, 0.2) is 36.4 Å². The van der Waals surface area contributed by atoms with Gasteiger partial charge in [-0.2, -0.15) is 5.26 Å². The maximum atomic E-state index is 13.6. The second-order valence-corrected chi connectivity index (χ2v) is 13.9. The number of aliphatic hydroxyl groups is 2. The standard InChI is InChI=1S/C33H33FN6O3S/c1-18-11-21(39-14-33(15-39)16-40(17-33)30(42)32(2,3)43)12-23-26(18)36-28-22(9-10-24(28)41)29(23)38(4)31-37-27(25(13-35)44-31)19-5-7-20(34)8-6-19/h5-8,11-12,24,41,43H,9-10,14-17H2,1-4H3. The number of hydrogen-bond donors (Lipinski definition) is 2. The molecular formula is C33H33FN6O3S.